The molecule has 0 N–H and O–H groups in total. The molecule has 0 amide bonds. The molecule has 0 spiro atoms. The molecule has 0 bridgehead atoms. The maximum atomic E-state index is 8.91. The fourth-order valence-electron chi connectivity index (χ4n) is 1.99. The van der Waals surface area contributed by atoms with Crippen LogP contribution in [0.4, 0.5) is 0 Å². The van der Waals surface area contributed by atoms with E-state index < -0.39 is 0 Å². The molecule has 0 radical (unpaired) electrons. The topological polar surface area (TPSA) is 49.6 Å². The third-order valence-electron chi connectivity index (χ3n) is 2.97. The van der Waals surface area contributed by atoms with E-state index >= 15 is 0 Å². The van der Waals surface area contributed by atoms with E-state index in [1.807, 2.05) is 42.5 Å². The summed E-state index contributed by atoms with van der Waals surface area (Å²) in [4.78, 5) is 0. The minimum atomic E-state index is 0.687. The van der Waals surface area contributed by atoms with E-state index in [0.29, 0.717) is 5.56 Å². The molecule has 1 heterocycles. The highest BCUT2D eigenvalue weighted by atomic mass is 32.2. The predicted octanol–water partition coefficient (Wildman–Crippen LogP) is 3.79. The maximum Gasteiger partial charge on any atom is 0.127 e. The average Bonchev–Trinajstić information content (AvgIpc) is 2.53. The third kappa shape index (κ3) is 2.63. The fourth-order valence-corrected chi connectivity index (χ4v) is 2.92. The highest BCUT2D eigenvalue weighted by molar-refractivity contribution is 7.98. The van der Waals surface area contributed by atoms with E-state index in [9.17, 15) is 0 Å². The molecule has 0 aliphatic rings. The molecule has 0 saturated carbocycles. The molecule has 2 aromatic carbocycles. The largest absolute Gasteiger partial charge is 0.192 e. The number of hydrogen-bond donors (Lipinski definition) is 0. The number of nitrogens with zero attached hydrogens (tertiary/aromatic N) is 3. The van der Waals surface area contributed by atoms with Crippen molar-refractivity contribution in [2.75, 3.05) is 0 Å². The summed E-state index contributed by atoms with van der Waals surface area (Å²) in [5, 5.41) is 20.3. The highest BCUT2D eigenvalue weighted by Crippen LogP contribution is 2.27. The van der Waals surface area contributed by atoms with Crippen molar-refractivity contribution in [1.82, 2.24) is 10.2 Å². The molecule has 3 aromatic rings. The summed E-state index contributed by atoms with van der Waals surface area (Å²) < 4.78 is 0. The summed E-state index contributed by atoms with van der Waals surface area (Å²) in [5.41, 5.74) is 1.80. The van der Waals surface area contributed by atoms with Gasteiger partial charge in [-0.05, 0) is 17.7 Å². The van der Waals surface area contributed by atoms with Crippen molar-refractivity contribution >= 4 is 22.5 Å². The lowest BCUT2D eigenvalue weighted by Gasteiger charge is -2.04. The molecular weight excluding hydrogens is 266 g/mol. The molecule has 0 aliphatic carbocycles. The Morgan fingerprint density at radius 2 is 2.00 bits per heavy atom. The van der Waals surface area contributed by atoms with Crippen molar-refractivity contribution in [3.63, 3.8) is 0 Å². The van der Waals surface area contributed by atoms with Crippen molar-refractivity contribution < 1.29 is 0 Å². The van der Waals surface area contributed by atoms with Crippen LogP contribution in [0.1, 0.15) is 11.1 Å². The minimum absolute atomic E-state index is 0.687. The molecule has 20 heavy (non-hydrogen) atoms. The number of rotatable bonds is 3. The normalized spacial score (nSPS) is 10.3. The fraction of sp³-hybridized carbons (Fsp3) is 0.0625. The van der Waals surface area contributed by atoms with Crippen molar-refractivity contribution in [2.45, 2.75) is 10.8 Å². The smallest absolute Gasteiger partial charge is 0.127 e. The van der Waals surface area contributed by atoms with Gasteiger partial charge in [0.1, 0.15) is 5.03 Å². The van der Waals surface area contributed by atoms with Crippen LogP contribution in [-0.2, 0) is 5.75 Å². The number of hydrogen-bond acceptors (Lipinski definition) is 4. The van der Waals surface area contributed by atoms with Crippen LogP contribution in [0.2, 0.25) is 0 Å². The van der Waals surface area contributed by atoms with Gasteiger partial charge in [0.05, 0.1) is 17.8 Å². The monoisotopic (exact) mass is 277 g/mol. The van der Waals surface area contributed by atoms with Crippen LogP contribution in [0.15, 0.2) is 59.8 Å². The second kappa shape index (κ2) is 5.72. The maximum absolute atomic E-state index is 8.91. The number of nitriles is 1. The van der Waals surface area contributed by atoms with E-state index in [1.165, 1.54) is 0 Å². The van der Waals surface area contributed by atoms with Gasteiger partial charge in [-0.25, -0.2) is 0 Å². The van der Waals surface area contributed by atoms with Crippen molar-refractivity contribution in [3.05, 3.63) is 65.9 Å². The Bertz CT molecular complexity index is 788. The Kier molecular flexibility index (Phi) is 3.62. The van der Waals surface area contributed by atoms with Crippen LogP contribution < -0.4 is 0 Å². The van der Waals surface area contributed by atoms with Gasteiger partial charge in [0.15, 0.2) is 0 Å². The van der Waals surface area contributed by atoms with E-state index in [-0.39, 0.29) is 0 Å². The third-order valence-corrected chi connectivity index (χ3v) is 4.02. The van der Waals surface area contributed by atoms with Crippen LogP contribution in [0, 0.1) is 11.3 Å². The number of benzene rings is 2. The van der Waals surface area contributed by atoms with Gasteiger partial charge in [0.25, 0.3) is 0 Å². The van der Waals surface area contributed by atoms with E-state index in [1.54, 1.807) is 18.0 Å². The van der Waals surface area contributed by atoms with Crippen LogP contribution in [0.25, 0.3) is 10.8 Å². The lowest BCUT2D eigenvalue weighted by molar-refractivity contribution is 0.955. The van der Waals surface area contributed by atoms with Gasteiger partial charge in [-0.1, -0.05) is 48.2 Å². The summed E-state index contributed by atoms with van der Waals surface area (Å²) in [6, 6.07) is 17.9. The minimum Gasteiger partial charge on any atom is -0.192 e. The summed E-state index contributed by atoms with van der Waals surface area (Å²) in [5.74, 6) is 0.776. The van der Waals surface area contributed by atoms with Gasteiger partial charge in [-0.3, -0.25) is 0 Å². The highest BCUT2D eigenvalue weighted by Gasteiger charge is 2.04. The zero-order valence-electron chi connectivity index (χ0n) is 10.7. The lowest BCUT2D eigenvalue weighted by Crippen LogP contribution is -1.89. The van der Waals surface area contributed by atoms with Gasteiger partial charge >= 0.3 is 0 Å². The summed E-state index contributed by atoms with van der Waals surface area (Å²) in [6.07, 6.45) is 1.77. The molecule has 1 aromatic heterocycles. The number of thioether (sulfide) groups is 1. The molecule has 0 aliphatic heterocycles. The summed E-state index contributed by atoms with van der Waals surface area (Å²) in [6.45, 7) is 0. The SMILES string of the molecule is N#Cc1cccc(CSc2nncc3ccccc23)c1. The summed E-state index contributed by atoms with van der Waals surface area (Å²) in [7, 11) is 0. The first-order chi connectivity index (χ1) is 9.86. The molecule has 4 heteroatoms. The van der Waals surface area contributed by atoms with E-state index in [0.717, 1.165) is 27.1 Å². The Morgan fingerprint density at radius 3 is 2.90 bits per heavy atom. The molecule has 0 atom stereocenters. The summed E-state index contributed by atoms with van der Waals surface area (Å²) >= 11 is 1.64. The van der Waals surface area contributed by atoms with Crippen LogP contribution >= 0.6 is 11.8 Å². The number of aromatic nitrogens is 2. The van der Waals surface area contributed by atoms with Crippen molar-refractivity contribution in [2.24, 2.45) is 0 Å². The van der Waals surface area contributed by atoms with E-state index in [2.05, 4.69) is 22.3 Å². The Balaban J connectivity index is 1.85. The average molecular weight is 277 g/mol. The first-order valence-electron chi connectivity index (χ1n) is 6.19. The van der Waals surface area contributed by atoms with Gasteiger partial charge in [-0.2, -0.15) is 10.4 Å². The standard InChI is InChI=1S/C16H11N3S/c17-9-12-4-3-5-13(8-12)11-20-16-15-7-2-1-6-14(15)10-18-19-16/h1-8,10H,11H2. The first-order valence-corrected chi connectivity index (χ1v) is 7.17. The van der Waals surface area contributed by atoms with Crippen molar-refractivity contribution in [1.29, 1.82) is 5.26 Å². The van der Waals surface area contributed by atoms with Crippen LogP contribution in [0.5, 0.6) is 0 Å². The Labute approximate surface area is 121 Å². The van der Waals surface area contributed by atoms with Gasteiger partial charge in [0, 0.05) is 16.5 Å². The molecule has 0 fully saturated rings. The second-order valence-corrected chi connectivity index (χ2v) is 5.30. The van der Waals surface area contributed by atoms with Gasteiger partial charge in [-0.15, -0.1) is 5.10 Å². The predicted molar refractivity (Wildman–Crippen MR) is 80.3 cm³/mol. The van der Waals surface area contributed by atoms with E-state index in [4.69, 9.17) is 5.26 Å². The molecule has 0 saturated heterocycles. The molecule has 3 nitrogen and oxygen atoms in total. The molecule has 96 valence electrons. The zero-order valence-corrected chi connectivity index (χ0v) is 11.5. The van der Waals surface area contributed by atoms with Crippen molar-refractivity contribution in [3.8, 4) is 6.07 Å². The molecule has 0 unspecified atom stereocenters. The van der Waals surface area contributed by atoms with Gasteiger partial charge in [0.2, 0.25) is 0 Å². The Hall–Kier alpha value is -2.38. The van der Waals surface area contributed by atoms with Crippen LogP contribution in [-0.4, -0.2) is 10.2 Å². The lowest BCUT2D eigenvalue weighted by atomic mass is 10.2. The van der Waals surface area contributed by atoms with Crippen LogP contribution in [0.3, 0.4) is 0 Å². The Morgan fingerprint density at radius 1 is 1.10 bits per heavy atom. The quantitative estimate of drug-likeness (QED) is 0.683. The second-order valence-electron chi connectivity index (χ2n) is 4.34. The zero-order chi connectivity index (χ0) is 13.8. The molecular formula is C16H11N3S. The number of fused-ring (bicyclic) bond motifs is 1. The first kappa shape index (κ1) is 12.6. The van der Waals surface area contributed by atoms with Gasteiger partial charge < -0.3 is 0 Å². The molecule has 3 rings (SSSR count).